The van der Waals surface area contributed by atoms with Gasteiger partial charge in [0.2, 0.25) is 0 Å². The van der Waals surface area contributed by atoms with Crippen LogP contribution in [0.25, 0.3) is 0 Å². The Morgan fingerprint density at radius 1 is 0.407 bits per heavy atom. The molecule has 0 aliphatic carbocycles. The number of pyridine rings is 3. The molecule has 4 aromatic rings. The molecule has 6 nitrogen and oxygen atoms in total. The lowest BCUT2D eigenvalue weighted by Gasteiger charge is -2.08. The molecule has 6 heteroatoms. The lowest BCUT2D eigenvalue weighted by molar-refractivity contribution is 0.795. The van der Waals surface area contributed by atoms with Gasteiger partial charge in [0.25, 0.3) is 0 Å². The highest BCUT2D eigenvalue weighted by Crippen LogP contribution is 2.11. The van der Waals surface area contributed by atoms with E-state index >= 15 is 0 Å². The Kier molecular flexibility index (Phi) is 5.15. The van der Waals surface area contributed by atoms with E-state index in [-0.39, 0.29) is 0 Å². The molecule has 0 aromatic carbocycles. The summed E-state index contributed by atoms with van der Waals surface area (Å²) in [4.78, 5) is 26.3. The SMILES string of the molecule is c1cc(Cc2nc(Cc3ccncc3)nc(Cc3ccncc3)n2)ccn1. The normalized spacial score (nSPS) is 10.7. The van der Waals surface area contributed by atoms with E-state index in [4.69, 9.17) is 15.0 Å². The van der Waals surface area contributed by atoms with Crippen molar-refractivity contribution in [1.29, 1.82) is 0 Å². The Balaban J connectivity index is 1.64. The highest BCUT2D eigenvalue weighted by Gasteiger charge is 2.09. The van der Waals surface area contributed by atoms with Crippen LogP contribution in [0, 0.1) is 0 Å². The Hall–Kier alpha value is -3.54. The second kappa shape index (κ2) is 8.23. The van der Waals surface area contributed by atoms with Gasteiger partial charge in [0.1, 0.15) is 17.5 Å². The van der Waals surface area contributed by atoms with Crippen molar-refractivity contribution in [1.82, 2.24) is 29.9 Å². The average Bonchev–Trinajstić information content (AvgIpc) is 2.70. The van der Waals surface area contributed by atoms with Crippen LogP contribution in [0.5, 0.6) is 0 Å². The minimum Gasteiger partial charge on any atom is -0.265 e. The first-order valence-corrected chi connectivity index (χ1v) is 8.74. The fraction of sp³-hybridized carbons (Fsp3) is 0.143. The summed E-state index contributed by atoms with van der Waals surface area (Å²) in [6.45, 7) is 0. The third kappa shape index (κ3) is 4.76. The fourth-order valence-electron chi connectivity index (χ4n) is 2.81. The third-order valence-corrected chi connectivity index (χ3v) is 4.11. The van der Waals surface area contributed by atoms with E-state index in [1.807, 2.05) is 36.4 Å². The molecule has 132 valence electrons. The van der Waals surface area contributed by atoms with Gasteiger partial charge in [-0.05, 0) is 53.1 Å². The molecule has 4 rings (SSSR count). The number of aromatic nitrogens is 6. The van der Waals surface area contributed by atoms with Gasteiger partial charge >= 0.3 is 0 Å². The minimum absolute atomic E-state index is 0.651. The Morgan fingerprint density at radius 2 is 0.667 bits per heavy atom. The van der Waals surface area contributed by atoms with Crippen molar-refractivity contribution in [2.45, 2.75) is 19.3 Å². The van der Waals surface area contributed by atoms with Gasteiger partial charge in [-0.25, -0.2) is 15.0 Å². The first kappa shape index (κ1) is 16.9. The van der Waals surface area contributed by atoms with Gasteiger partial charge in [0.15, 0.2) is 0 Å². The summed E-state index contributed by atoms with van der Waals surface area (Å²) < 4.78 is 0. The Bertz CT molecular complexity index is 846. The van der Waals surface area contributed by atoms with E-state index in [0.29, 0.717) is 19.3 Å². The van der Waals surface area contributed by atoms with E-state index in [9.17, 15) is 0 Å². The summed E-state index contributed by atoms with van der Waals surface area (Å²) in [6, 6.07) is 11.9. The maximum absolute atomic E-state index is 4.69. The van der Waals surface area contributed by atoms with Crippen molar-refractivity contribution in [3.8, 4) is 0 Å². The number of hydrogen-bond acceptors (Lipinski definition) is 6. The largest absolute Gasteiger partial charge is 0.265 e. The molecule has 0 N–H and O–H groups in total. The van der Waals surface area contributed by atoms with Crippen molar-refractivity contribution < 1.29 is 0 Å². The molecule has 0 spiro atoms. The fourth-order valence-corrected chi connectivity index (χ4v) is 2.81. The molecule has 0 saturated carbocycles. The van der Waals surface area contributed by atoms with Crippen LogP contribution < -0.4 is 0 Å². The summed E-state index contributed by atoms with van der Waals surface area (Å²) in [7, 11) is 0. The monoisotopic (exact) mass is 354 g/mol. The Labute approximate surface area is 157 Å². The number of hydrogen-bond donors (Lipinski definition) is 0. The van der Waals surface area contributed by atoms with Crippen molar-refractivity contribution in [3.05, 3.63) is 108 Å². The second-order valence-electron chi connectivity index (χ2n) is 6.18. The van der Waals surface area contributed by atoms with Crippen molar-refractivity contribution in [3.63, 3.8) is 0 Å². The topological polar surface area (TPSA) is 77.3 Å². The maximum Gasteiger partial charge on any atom is 0.137 e. The lowest BCUT2D eigenvalue weighted by atomic mass is 10.1. The molecule has 0 fully saturated rings. The standard InChI is InChI=1S/C21H18N6/c1-7-22-8-2-16(1)13-19-25-20(14-17-3-9-23-10-4-17)27-21(26-19)15-18-5-11-24-12-6-18/h1-12H,13-15H2. The zero-order valence-corrected chi connectivity index (χ0v) is 14.7. The molecule has 0 bridgehead atoms. The maximum atomic E-state index is 4.69. The number of nitrogens with zero attached hydrogens (tertiary/aromatic N) is 6. The van der Waals surface area contributed by atoms with Crippen LogP contribution in [-0.4, -0.2) is 29.9 Å². The summed E-state index contributed by atoms with van der Waals surface area (Å²) in [5.41, 5.74) is 3.38. The van der Waals surface area contributed by atoms with E-state index in [2.05, 4.69) is 15.0 Å². The van der Waals surface area contributed by atoms with Crippen LogP contribution in [0.2, 0.25) is 0 Å². The van der Waals surface area contributed by atoms with E-state index in [0.717, 1.165) is 34.2 Å². The van der Waals surface area contributed by atoms with Crippen molar-refractivity contribution in [2.24, 2.45) is 0 Å². The smallest absolute Gasteiger partial charge is 0.137 e. The minimum atomic E-state index is 0.651. The highest BCUT2D eigenvalue weighted by atomic mass is 15.0. The van der Waals surface area contributed by atoms with Gasteiger partial charge in [-0.2, -0.15) is 0 Å². The molecule has 0 amide bonds. The van der Waals surface area contributed by atoms with E-state index in [1.54, 1.807) is 37.2 Å². The average molecular weight is 354 g/mol. The van der Waals surface area contributed by atoms with Gasteiger partial charge < -0.3 is 0 Å². The van der Waals surface area contributed by atoms with Crippen molar-refractivity contribution >= 4 is 0 Å². The predicted molar refractivity (Wildman–Crippen MR) is 101 cm³/mol. The van der Waals surface area contributed by atoms with Crippen LogP contribution in [0.3, 0.4) is 0 Å². The zero-order chi connectivity index (χ0) is 18.3. The van der Waals surface area contributed by atoms with Crippen LogP contribution >= 0.6 is 0 Å². The third-order valence-electron chi connectivity index (χ3n) is 4.11. The molecule has 4 heterocycles. The Morgan fingerprint density at radius 3 is 0.926 bits per heavy atom. The molecule has 4 aromatic heterocycles. The van der Waals surface area contributed by atoms with Crippen LogP contribution in [-0.2, 0) is 19.3 Å². The van der Waals surface area contributed by atoms with Gasteiger partial charge in [-0.15, -0.1) is 0 Å². The van der Waals surface area contributed by atoms with Crippen molar-refractivity contribution in [2.75, 3.05) is 0 Å². The van der Waals surface area contributed by atoms with Crippen LogP contribution in [0.4, 0.5) is 0 Å². The molecular formula is C21H18N6. The van der Waals surface area contributed by atoms with E-state index in [1.165, 1.54) is 0 Å². The first-order valence-electron chi connectivity index (χ1n) is 8.74. The molecule has 0 unspecified atom stereocenters. The molecule has 0 aliphatic rings. The molecule has 27 heavy (non-hydrogen) atoms. The van der Waals surface area contributed by atoms with E-state index < -0.39 is 0 Å². The summed E-state index contributed by atoms with van der Waals surface area (Å²) in [5.74, 6) is 2.30. The molecular weight excluding hydrogens is 336 g/mol. The first-order chi connectivity index (χ1) is 13.3. The molecule has 0 aliphatic heterocycles. The summed E-state index contributed by atoms with van der Waals surface area (Å²) >= 11 is 0. The predicted octanol–water partition coefficient (Wildman–Crippen LogP) is 2.83. The molecule has 0 radical (unpaired) electrons. The summed E-state index contributed by atoms with van der Waals surface area (Å²) in [6.07, 6.45) is 12.7. The van der Waals surface area contributed by atoms with Crippen LogP contribution in [0.1, 0.15) is 34.2 Å². The zero-order valence-electron chi connectivity index (χ0n) is 14.7. The highest BCUT2D eigenvalue weighted by molar-refractivity contribution is 5.21. The second-order valence-corrected chi connectivity index (χ2v) is 6.18. The van der Waals surface area contributed by atoms with Gasteiger partial charge in [0, 0.05) is 56.4 Å². The molecule has 0 atom stereocenters. The molecule has 0 saturated heterocycles. The van der Waals surface area contributed by atoms with Crippen LogP contribution in [0.15, 0.2) is 73.6 Å². The summed E-state index contributed by atoms with van der Waals surface area (Å²) in [5, 5.41) is 0. The quantitative estimate of drug-likeness (QED) is 0.530. The van der Waals surface area contributed by atoms with Gasteiger partial charge in [-0.3, -0.25) is 15.0 Å². The lowest BCUT2D eigenvalue weighted by Crippen LogP contribution is -2.09. The number of rotatable bonds is 6. The van der Waals surface area contributed by atoms with Gasteiger partial charge in [-0.1, -0.05) is 0 Å². The van der Waals surface area contributed by atoms with Gasteiger partial charge in [0.05, 0.1) is 0 Å².